The number of hydrogen-bond donors (Lipinski definition) is 3. The highest BCUT2D eigenvalue weighted by Crippen LogP contribution is 2.38. The Hall–Kier alpha value is 1.06. The van der Waals surface area contributed by atoms with E-state index in [2.05, 4.69) is 47.8 Å². The average molecular weight is 383 g/mol. The van der Waals surface area contributed by atoms with Crippen LogP contribution in [0.25, 0.3) is 0 Å². The molecule has 0 atom stereocenters. The van der Waals surface area contributed by atoms with Crippen molar-refractivity contribution in [2.45, 2.75) is 27.4 Å². The minimum atomic E-state index is -2.69. The fourth-order valence-corrected chi connectivity index (χ4v) is 1.50. The molecule has 0 aliphatic carbocycles. The maximum atomic E-state index is 8.47. The highest BCUT2D eigenvalue weighted by Gasteiger charge is 2.16. The zero-order valence-electron chi connectivity index (χ0n) is 6.75. The molecule has 0 unspecified atom stereocenters. The monoisotopic (exact) mass is 380 g/mol. The molecule has 0 aliphatic rings. The normalized spacial score (nSPS) is 14.0. The lowest BCUT2D eigenvalue weighted by molar-refractivity contribution is -0.273. The van der Waals surface area contributed by atoms with Gasteiger partial charge in [0.15, 0.2) is 0 Å². The third kappa shape index (κ3) is 13.1. The summed E-state index contributed by atoms with van der Waals surface area (Å²) in [6, 6.07) is 0. The Morgan fingerprint density at radius 3 is 2.00 bits per heavy atom. The van der Waals surface area contributed by atoms with Crippen LogP contribution in [0, 0.1) is 0 Å². The maximum absolute atomic E-state index is 8.47. The van der Waals surface area contributed by atoms with Crippen LogP contribution in [0.4, 0.5) is 0 Å². The molecule has 78 valence electrons. The van der Waals surface area contributed by atoms with E-state index in [1.807, 2.05) is 0 Å². The molecule has 13 heavy (non-hydrogen) atoms. The first kappa shape index (κ1) is 14.1. The highest BCUT2D eigenvalue weighted by molar-refractivity contribution is 9.39. The van der Waals surface area contributed by atoms with Crippen molar-refractivity contribution in [3.63, 3.8) is 0 Å². The molecule has 3 nitrogen and oxygen atoms in total. The van der Waals surface area contributed by atoms with Crippen LogP contribution in [0.15, 0.2) is 12.2 Å². The molecule has 0 radical (unpaired) electrons. The number of unbranched alkanes of at least 4 members (excludes halogenated alkanes) is 1. The zero-order valence-corrected chi connectivity index (χ0v) is 11.5. The number of rotatable bonds is 4. The van der Waals surface area contributed by atoms with Crippen molar-refractivity contribution in [1.82, 2.24) is 0 Å². The Bertz CT molecular complexity index is 169. The van der Waals surface area contributed by atoms with Gasteiger partial charge >= 0.3 is 0 Å². The number of alkyl halides is 3. The molecule has 0 saturated heterocycles. The first-order valence-corrected chi connectivity index (χ1v) is 6.00. The van der Waals surface area contributed by atoms with Gasteiger partial charge in [-0.25, -0.2) is 0 Å². The minimum absolute atomic E-state index is 0.254. The van der Waals surface area contributed by atoms with Gasteiger partial charge in [0.05, 0.1) is 0 Å². The van der Waals surface area contributed by atoms with Crippen molar-refractivity contribution in [2.75, 3.05) is 0 Å². The van der Waals surface area contributed by atoms with Crippen molar-refractivity contribution < 1.29 is 15.3 Å². The molecule has 0 aromatic rings. The van der Waals surface area contributed by atoms with Crippen molar-refractivity contribution in [3.05, 3.63) is 12.2 Å². The van der Waals surface area contributed by atoms with E-state index in [1.54, 1.807) is 0 Å². The summed E-state index contributed by atoms with van der Waals surface area (Å²) in [7, 11) is 0. The molecule has 0 bridgehead atoms. The summed E-state index contributed by atoms with van der Waals surface area (Å²) in [4.78, 5) is 0. The second-order valence-electron chi connectivity index (χ2n) is 2.60. The summed E-state index contributed by atoms with van der Waals surface area (Å²) >= 11 is 9.99. The largest absolute Gasteiger partial charge is 0.340 e. The lowest BCUT2D eigenvalue weighted by Crippen LogP contribution is -2.23. The van der Waals surface area contributed by atoms with Gasteiger partial charge in [-0.15, -0.1) is 0 Å². The average Bonchev–Trinajstić information content (AvgIpc) is 1.81. The Labute approximate surface area is 102 Å². The third-order valence-corrected chi connectivity index (χ3v) is 2.36. The van der Waals surface area contributed by atoms with Crippen molar-refractivity contribution in [1.29, 1.82) is 0 Å². The summed E-state index contributed by atoms with van der Waals surface area (Å²) in [6.45, 7) is 0. The van der Waals surface area contributed by atoms with Crippen LogP contribution >= 0.6 is 47.8 Å². The lowest BCUT2D eigenvalue weighted by atomic mass is 10.2. The Morgan fingerprint density at radius 2 is 1.62 bits per heavy atom. The van der Waals surface area contributed by atoms with E-state index in [9.17, 15) is 0 Å². The van der Waals surface area contributed by atoms with Gasteiger partial charge in [-0.1, -0.05) is 53.9 Å². The van der Waals surface area contributed by atoms with Crippen LogP contribution in [0.2, 0.25) is 0 Å². The maximum Gasteiger partial charge on any atom is 0.297 e. The summed E-state index contributed by atoms with van der Waals surface area (Å²) in [6.07, 6.45) is 4.78. The standard InChI is InChI=1S/C7H11Br3O3/c8-6(9,10)4-2-1-3-5-7(11,12)13/h3,5,11-13H,1-2,4H2. The summed E-state index contributed by atoms with van der Waals surface area (Å²) in [5.41, 5.74) is 0. The fourth-order valence-electron chi connectivity index (χ4n) is 0.662. The van der Waals surface area contributed by atoms with Crippen molar-refractivity contribution >= 4 is 47.8 Å². The molecule has 6 heteroatoms. The molecule has 0 aromatic carbocycles. The van der Waals surface area contributed by atoms with Crippen LogP contribution in [0.3, 0.4) is 0 Å². The van der Waals surface area contributed by atoms with E-state index in [0.29, 0.717) is 6.42 Å². The SMILES string of the molecule is OC(O)(O)C=CCCCC(Br)(Br)Br. The van der Waals surface area contributed by atoms with Crippen LogP contribution in [0.1, 0.15) is 19.3 Å². The molecule has 0 heterocycles. The quantitative estimate of drug-likeness (QED) is 0.302. The number of halogens is 3. The zero-order chi connectivity index (χ0) is 10.5. The third-order valence-electron chi connectivity index (χ3n) is 1.17. The van der Waals surface area contributed by atoms with E-state index in [0.717, 1.165) is 18.9 Å². The van der Waals surface area contributed by atoms with Gasteiger partial charge in [0.25, 0.3) is 5.97 Å². The molecule has 0 fully saturated rings. The topological polar surface area (TPSA) is 60.7 Å². The van der Waals surface area contributed by atoms with Crippen LogP contribution in [-0.2, 0) is 0 Å². The van der Waals surface area contributed by atoms with Gasteiger partial charge in [-0.05, 0) is 25.3 Å². The van der Waals surface area contributed by atoms with Gasteiger partial charge in [-0.2, -0.15) is 0 Å². The number of aliphatic hydroxyl groups is 3. The van der Waals surface area contributed by atoms with Crippen LogP contribution in [-0.4, -0.2) is 23.4 Å². The molecule has 0 spiro atoms. The predicted octanol–water partition coefficient (Wildman–Crippen LogP) is 2.18. The number of hydrogen-bond acceptors (Lipinski definition) is 3. The Kier molecular flexibility index (Phi) is 6.30. The Balaban J connectivity index is 3.53. The smallest absolute Gasteiger partial charge is 0.297 e. The highest BCUT2D eigenvalue weighted by atomic mass is 80.0. The van der Waals surface area contributed by atoms with Gasteiger partial charge in [-0.3, -0.25) is 0 Å². The molecular weight excluding hydrogens is 372 g/mol. The lowest BCUT2D eigenvalue weighted by Gasteiger charge is -2.10. The van der Waals surface area contributed by atoms with E-state index in [-0.39, 0.29) is 2.14 Å². The molecular formula is C7H11Br3O3. The summed E-state index contributed by atoms with van der Waals surface area (Å²) in [5.74, 6) is -2.69. The van der Waals surface area contributed by atoms with Crippen LogP contribution in [0.5, 0.6) is 0 Å². The van der Waals surface area contributed by atoms with E-state index in [4.69, 9.17) is 15.3 Å². The molecule has 3 N–H and O–H groups in total. The van der Waals surface area contributed by atoms with E-state index in [1.165, 1.54) is 6.08 Å². The number of allylic oxidation sites excluding steroid dienone is 1. The molecule has 0 aromatic heterocycles. The van der Waals surface area contributed by atoms with E-state index >= 15 is 0 Å². The minimum Gasteiger partial charge on any atom is -0.340 e. The Morgan fingerprint density at radius 1 is 1.08 bits per heavy atom. The van der Waals surface area contributed by atoms with Crippen LogP contribution < -0.4 is 0 Å². The molecule has 0 amide bonds. The molecule has 0 saturated carbocycles. The van der Waals surface area contributed by atoms with Gasteiger partial charge in [0.1, 0.15) is 2.14 Å². The molecule has 0 aliphatic heterocycles. The van der Waals surface area contributed by atoms with Gasteiger partial charge in [0.2, 0.25) is 0 Å². The first-order chi connectivity index (χ1) is 5.71. The second-order valence-corrected chi connectivity index (χ2v) is 9.85. The van der Waals surface area contributed by atoms with E-state index < -0.39 is 5.97 Å². The van der Waals surface area contributed by atoms with Gasteiger partial charge in [0, 0.05) is 0 Å². The molecule has 0 rings (SSSR count). The summed E-state index contributed by atoms with van der Waals surface area (Å²) in [5, 5.41) is 25.4. The second kappa shape index (κ2) is 5.82. The fraction of sp³-hybridized carbons (Fsp3) is 0.714. The first-order valence-electron chi connectivity index (χ1n) is 3.62. The van der Waals surface area contributed by atoms with Gasteiger partial charge < -0.3 is 15.3 Å². The predicted molar refractivity (Wildman–Crippen MR) is 61.9 cm³/mol. The van der Waals surface area contributed by atoms with Crippen molar-refractivity contribution in [3.8, 4) is 0 Å². The summed E-state index contributed by atoms with van der Waals surface area (Å²) < 4.78 is -0.254. The van der Waals surface area contributed by atoms with Crippen molar-refractivity contribution in [2.24, 2.45) is 0 Å².